The summed E-state index contributed by atoms with van der Waals surface area (Å²) < 4.78 is 0. The van der Waals surface area contributed by atoms with Crippen LogP contribution in [-0.2, 0) is 0 Å². The van der Waals surface area contributed by atoms with Crippen LogP contribution >= 0.6 is 0 Å². The molecule has 170 valence electrons. The quantitative estimate of drug-likeness (QED) is 0.524. The van der Waals surface area contributed by atoms with Gasteiger partial charge in [-0.1, -0.05) is 65.3 Å². The number of aliphatic hydroxyl groups excluding tert-OH is 2. The summed E-state index contributed by atoms with van der Waals surface area (Å²) in [7, 11) is 0. The zero-order chi connectivity index (χ0) is 21.8. The molecular formula is C28H46O2. The summed E-state index contributed by atoms with van der Waals surface area (Å²) in [6.45, 7) is 14.4. The SMILES string of the molecule is CC(C)C(C)/C=C/C(C)C1CCC2C3CC=C4C[C@@H](O)CC(O)C4(C)[C@H]3CCC12C. The third-order valence-corrected chi connectivity index (χ3v) is 10.7. The van der Waals surface area contributed by atoms with Gasteiger partial charge in [-0.3, -0.25) is 0 Å². The predicted octanol–water partition coefficient (Wildman–Crippen LogP) is 6.38. The Morgan fingerprint density at radius 1 is 1.00 bits per heavy atom. The Balaban J connectivity index is 1.55. The highest BCUT2D eigenvalue weighted by molar-refractivity contribution is 5.27. The second-order valence-electron chi connectivity index (χ2n) is 12.3. The minimum Gasteiger partial charge on any atom is -0.393 e. The lowest BCUT2D eigenvalue weighted by molar-refractivity contribution is -0.106. The normalized spacial score (nSPS) is 48.1. The Labute approximate surface area is 185 Å². The lowest BCUT2D eigenvalue weighted by Gasteiger charge is -2.59. The molecular weight excluding hydrogens is 368 g/mol. The maximum absolute atomic E-state index is 11.1. The highest BCUT2D eigenvalue weighted by atomic mass is 16.3. The van der Waals surface area contributed by atoms with Crippen LogP contribution in [0.1, 0.15) is 86.5 Å². The maximum Gasteiger partial charge on any atom is 0.0658 e. The van der Waals surface area contributed by atoms with Crippen LogP contribution in [0.15, 0.2) is 23.8 Å². The molecule has 3 saturated carbocycles. The van der Waals surface area contributed by atoms with E-state index in [9.17, 15) is 10.2 Å². The Kier molecular flexibility index (Phi) is 6.08. The minimum atomic E-state index is -0.388. The molecule has 0 saturated heterocycles. The van der Waals surface area contributed by atoms with Crippen LogP contribution in [0.4, 0.5) is 0 Å². The van der Waals surface area contributed by atoms with E-state index in [0.717, 1.165) is 24.7 Å². The van der Waals surface area contributed by atoms with Crippen LogP contribution in [0.2, 0.25) is 0 Å². The van der Waals surface area contributed by atoms with Crippen molar-refractivity contribution in [2.24, 2.45) is 52.3 Å². The van der Waals surface area contributed by atoms with Gasteiger partial charge < -0.3 is 10.2 Å². The summed E-state index contributed by atoms with van der Waals surface area (Å²) in [5.74, 6) is 4.88. The molecule has 3 fully saturated rings. The van der Waals surface area contributed by atoms with Crippen LogP contribution in [0.3, 0.4) is 0 Å². The molecule has 0 amide bonds. The molecule has 0 bridgehead atoms. The molecule has 4 aliphatic carbocycles. The Morgan fingerprint density at radius 3 is 2.43 bits per heavy atom. The van der Waals surface area contributed by atoms with Gasteiger partial charge in [0, 0.05) is 11.8 Å². The lowest BCUT2D eigenvalue weighted by atomic mass is 9.46. The van der Waals surface area contributed by atoms with Crippen molar-refractivity contribution in [1.82, 2.24) is 0 Å². The van der Waals surface area contributed by atoms with Gasteiger partial charge in [-0.15, -0.1) is 0 Å². The summed E-state index contributed by atoms with van der Waals surface area (Å²) in [4.78, 5) is 0. The third kappa shape index (κ3) is 3.45. The number of rotatable bonds is 4. The predicted molar refractivity (Wildman–Crippen MR) is 125 cm³/mol. The standard InChI is InChI=1S/C28H46O2/c1-17(2)18(3)7-8-19(4)23-11-12-24-22-10-9-20-15-21(29)16-26(30)28(20,6)25(22)13-14-27(23,24)5/h7-9,17-19,21-26,29-30H,10-16H2,1-6H3/b8-7+/t18?,19?,21-,22?,23?,24?,25+,26?,27?,28?/m1/s1. The van der Waals surface area contributed by atoms with Crippen LogP contribution in [-0.4, -0.2) is 22.4 Å². The van der Waals surface area contributed by atoms with E-state index in [1.807, 2.05) is 0 Å². The largest absolute Gasteiger partial charge is 0.393 e. The molecule has 2 nitrogen and oxygen atoms in total. The van der Waals surface area contributed by atoms with E-state index in [1.165, 1.54) is 31.3 Å². The first-order chi connectivity index (χ1) is 14.1. The van der Waals surface area contributed by atoms with E-state index in [2.05, 4.69) is 59.8 Å². The second-order valence-corrected chi connectivity index (χ2v) is 12.3. The summed E-state index contributed by atoms with van der Waals surface area (Å²) in [6, 6.07) is 0. The van der Waals surface area contributed by atoms with Gasteiger partial charge in [-0.25, -0.2) is 0 Å². The summed E-state index contributed by atoms with van der Waals surface area (Å²) in [5.41, 5.74) is 1.68. The first-order valence-corrected chi connectivity index (χ1v) is 12.8. The van der Waals surface area contributed by atoms with Gasteiger partial charge in [0.05, 0.1) is 12.2 Å². The monoisotopic (exact) mass is 414 g/mol. The number of aliphatic hydroxyl groups is 2. The van der Waals surface area contributed by atoms with Crippen molar-refractivity contribution < 1.29 is 10.2 Å². The average Bonchev–Trinajstić information content (AvgIpc) is 3.04. The van der Waals surface area contributed by atoms with Gasteiger partial charge in [0.25, 0.3) is 0 Å². The fourth-order valence-corrected chi connectivity index (χ4v) is 8.31. The molecule has 4 rings (SSSR count). The van der Waals surface area contributed by atoms with Crippen LogP contribution in [0, 0.1) is 52.3 Å². The molecule has 8 unspecified atom stereocenters. The van der Waals surface area contributed by atoms with E-state index in [0.29, 0.717) is 41.4 Å². The number of allylic oxidation sites excluding steroid dienone is 3. The first-order valence-electron chi connectivity index (χ1n) is 12.8. The summed E-state index contributed by atoms with van der Waals surface area (Å²) in [6.07, 6.45) is 14.4. The highest BCUT2D eigenvalue weighted by Gasteiger charge is 2.60. The highest BCUT2D eigenvalue weighted by Crippen LogP contribution is 2.67. The zero-order valence-electron chi connectivity index (χ0n) is 20.3. The fraction of sp³-hybridized carbons (Fsp3) is 0.857. The molecule has 0 heterocycles. The average molecular weight is 415 g/mol. The fourth-order valence-electron chi connectivity index (χ4n) is 8.31. The molecule has 30 heavy (non-hydrogen) atoms. The van der Waals surface area contributed by atoms with Crippen molar-refractivity contribution in [3.05, 3.63) is 23.8 Å². The minimum absolute atomic E-state index is 0.111. The molecule has 4 aliphatic rings. The van der Waals surface area contributed by atoms with Gasteiger partial charge >= 0.3 is 0 Å². The van der Waals surface area contributed by atoms with E-state index in [4.69, 9.17) is 0 Å². The van der Waals surface area contributed by atoms with Gasteiger partial charge in [0.2, 0.25) is 0 Å². The second kappa shape index (κ2) is 8.07. The number of hydrogen-bond acceptors (Lipinski definition) is 2. The number of hydrogen-bond donors (Lipinski definition) is 2. The third-order valence-electron chi connectivity index (χ3n) is 10.7. The molecule has 0 aliphatic heterocycles. The molecule has 0 radical (unpaired) electrons. The molecule has 2 N–H and O–H groups in total. The zero-order valence-corrected chi connectivity index (χ0v) is 20.3. The van der Waals surface area contributed by atoms with E-state index < -0.39 is 0 Å². The maximum atomic E-state index is 11.1. The van der Waals surface area contributed by atoms with E-state index >= 15 is 0 Å². The molecule has 0 spiro atoms. The molecule has 2 heteroatoms. The van der Waals surface area contributed by atoms with Gasteiger partial charge in [0.15, 0.2) is 0 Å². The van der Waals surface area contributed by atoms with E-state index in [1.54, 1.807) is 0 Å². The van der Waals surface area contributed by atoms with Crippen molar-refractivity contribution in [3.8, 4) is 0 Å². The van der Waals surface area contributed by atoms with Gasteiger partial charge in [-0.2, -0.15) is 0 Å². The van der Waals surface area contributed by atoms with Crippen molar-refractivity contribution in [2.45, 2.75) is 98.7 Å². The van der Waals surface area contributed by atoms with Crippen molar-refractivity contribution in [2.75, 3.05) is 0 Å². The molecule has 0 aromatic rings. The first kappa shape index (κ1) is 22.6. The number of fused-ring (bicyclic) bond motifs is 5. The topological polar surface area (TPSA) is 40.5 Å². The van der Waals surface area contributed by atoms with E-state index in [-0.39, 0.29) is 17.6 Å². The van der Waals surface area contributed by atoms with Gasteiger partial charge in [0.1, 0.15) is 0 Å². The van der Waals surface area contributed by atoms with Crippen LogP contribution in [0.25, 0.3) is 0 Å². The van der Waals surface area contributed by atoms with Crippen LogP contribution in [0.5, 0.6) is 0 Å². The smallest absolute Gasteiger partial charge is 0.0658 e. The van der Waals surface area contributed by atoms with Crippen LogP contribution < -0.4 is 0 Å². The molecule has 0 aromatic heterocycles. The Hall–Kier alpha value is -0.600. The Morgan fingerprint density at radius 2 is 1.73 bits per heavy atom. The van der Waals surface area contributed by atoms with Crippen molar-refractivity contribution in [1.29, 1.82) is 0 Å². The Bertz CT molecular complexity index is 693. The van der Waals surface area contributed by atoms with Crippen molar-refractivity contribution in [3.63, 3.8) is 0 Å². The molecule has 0 aromatic carbocycles. The van der Waals surface area contributed by atoms with Crippen molar-refractivity contribution >= 4 is 0 Å². The summed E-state index contributed by atoms with van der Waals surface area (Å²) >= 11 is 0. The lowest BCUT2D eigenvalue weighted by Crippen LogP contribution is -2.55. The summed E-state index contributed by atoms with van der Waals surface area (Å²) in [5, 5.41) is 21.3. The molecule has 10 atom stereocenters. The van der Waals surface area contributed by atoms with Gasteiger partial charge in [-0.05, 0) is 85.4 Å².